The van der Waals surface area contributed by atoms with Gasteiger partial charge in [0.25, 0.3) is 0 Å². The first kappa shape index (κ1) is 17.1. The third-order valence-corrected chi connectivity index (χ3v) is 5.18. The van der Waals surface area contributed by atoms with E-state index in [1.165, 1.54) is 12.3 Å². The van der Waals surface area contributed by atoms with Crippen molar-refractivity contribution in [2.45, 2.75) is 26.2 Å². The Morgan fingerprint density at radius 3 is 2.92 bits per heavy atom. The number of aromatic nitrogens is 1. The highest BCUT2D eigenvalue weighted by Gasteiger charge is 2.56. The SMILES string of the molecule is CCOC(=O)c1ccnc(N2C[C@@H]3CCC[C@@]3(C(=O)O)C2)c1[N+](=O)[O-]. The lowest BCUT2D eigenvalue weighted by Crippen LogP contribution is -2.36. The molecule has 25 heavy (non-hydrogen) atoms. The van der Waals surface area contributed by atoms with Crippen LogP contribution in [0.5, 0.6) is 0 Å². The number of nitrogens with zero attached hydrogens (tertiary/aromatic N) is 3. The van der Waals surface area contributed by atoms with Gasteiger partial charge < -0.3 is 14.7 Å². The molecule has 3 rings (SSSR count). The zero-order valence-corrected chi connectivity index (χ0v) is 13.8. The Labute approximate surface area is 143 Å². The van der Waals surface area contributed by atoms with Crippen LogP contribution in [0.3, 0.4) is 0 Å². The van der Waals surface area contributed by atoms with Crippen molar-refractivity contribution in [3.63, 3.8) is 0 Å². The Morgan fingerprint density at radius 1 is 1.56 bits per heavy atom. The summed E-state index contributed by atoms with van der Waals surface area (Å²) in [6.45, 7) is 2.26. The van der Waals surface area contributed by atoms with Crippen molar-refractivity contribution in [2.24, 2.45) is 11.3 Å². The van der Waals surface area contributed by atoms with Gasteiger partial charge in [0.05, 0.1) is 16.9 Å². The summed E-state index contributed by atoms with van der Waals surface area (Å²) in [7, 11) is 0. The van der Waals surface area contributed by atoms with Crippen molar-refractivity contribution < 1.29 is 24.4 Å². The number of carboxylic acid groups (broad SMARTS) is 1. The second-order valence-electron chi connectivity index (χ2n) is 6.44. The zero-order chi connectivity index (χ0) is 18.2. The number of esters is 1. The molecule has 1 aliphatic heterocycles. The van der Waals surface area contributed by atoms with Crippen molar-refractivity contribution in [3.8, 4) is 0 Å². The molecule has 0 bridgehead atoms. The van der Waals surface area contributed by atoms with Gasteiger partial charge in [-0.25, -0.2) is 9.78 Å². The number of aliphatic carboxylic acids is 1. The fourth-order valence-electron chi connectivity index (χ4n) is 4.03. The van der Waals surface area contributed by atoms with E-state index in [2.05, 4.69) is 4.98 Å². The van der Waals surface area contributed by atoms with Crippen LogP contribution >= 0.6 is 0 Å². The number of rotatable bonds is 5. The molecule has 1 aromatic rings. The average Bonchev–Trinajstić information content (AvgIpc) is 3.12. The molecule has 0 unspecified atom stereocenters. The Balaban J connectivity index is 2.01. The quantitative estimate of drug-likeness (QED) is 0.485. The number of hydrogen-bond donors (Lipinski definition) is 1. The van der Waals surface area contributed by atoms with Gasteiger partial charge in [-0.3, -0.25) is 14.9 Å². The monoisotopic (exact) mass is 349 g/mol. The van der Waals surface area contributed by atoms with Gasteiger partial charge in [0.1, 0.15) is 5.56 Å². The maximum absolute atomic E-state index is 12.0. The van der Waals surface area contributed by atoms with Crippen LogP contribution in [0, 0.1) is 21.4 Å². The first-order chi connectivity index (χ1) is 11.9. The fraction of sp³-hybridized carbons (Fsp3) is 0.562. The summed E-state index contributed by atoms with van der Waals surface area (Å²) in [6, 6.07) is 1.25. The molecule has 0 radical (unpaired) electrons. The maximum Gasteiger partial charge on any atom is 0.345 e. The Bertz CT molecular complexity index is 737. The van der Waals surface area contributed by atoms with E-state index < -0.39 is 28.0 Å². The van der Waals surface area contributed by atoms with Gasteiger partial charge in [0.15, 0.2) is 0 Å². The summed E-state index contributed by atoms with van der Waals surface area (Å²) in [6.07, 6.45) is 3.47. The summed E-state index contributed by atoms with van der Waals surface area (Å²) < 4.78 is 4.89. The fourth-order valence-corrected chi connectivity index (χ4v) is 4.03. The molecule has 1 aromatic heterocycles. The van der Waals surface area contributed by atoms with Crippen molar-refractivity contribution in [3.05, 3.63) is 27.9 Å². The minimum absolute atomic E-state index is 0.0329. The van der Waals surface area contributed by atoms with E-state index in [0.29, 0.717) is 13.0 Å². The first-order valence-corrected chi connectivity index (χ1v) is 8.19. The summed E-state index contributed by atoms with van der Waals surface area (Å²) in [5.41, 5.74) is -1.49. The highest BCUT2D eigenvalue weighted by atomic mass is 16.6. The van der Waals surface area contributed by atoms with Crippen LogP contribution in [0.15, 0.2) is 12.3 Å². The first-order valence-electron chi connectivity index (χ1n) is 8.19. The molecule has 1 N–H and O–H groups in total. The van der Waals surface area contributed by atoms with E-state index in [1.807, 2.05) is 0 Å². The number of ether oxygens (including phenoxy) is 1. The maximum atomic E-state index is 12.0. The smallest absolute Gasteiger partial charge is 0.345 e. The molecule has 0 spiro atoms. The van der Waals surface area contributed by atoms with Crippen LogP contribution in [-0.2, 0) is 9.53 Å². The second kappa shape index (κ2) is 6.30. The second-order valence-corrected chi connectivity index (χ2v) is 6.44. The van der Waals surface area contributed by atoms with Crippen LogP contribution < -0.4 is 4.90 Å². The van der Waals surface area contributed by atoms with Crippen LogP contribution in [0.2, 0.25) is 0 Å². The van der Waals surface area contributed by atoms with E-state index in [1.54, 1.807) is 11.8 Å². The van der Waals surface area contributed by atoms with E-state index in [-0.39, 0.29) is 30.5 Å². The molecule has 0 amide bonds. The van der Waals surface area contributed by atoms with Crippen molar-refractivity contribution >= 4 is 23.4 Å². The van der Waals surface area contributed by atoms with Crippen LogP contribution in [0.1, 0.15) is 36.5 Å². The van der Waals surface area contributed by atoms with E-state index in [4.69, 9.17) is 4.74 Å². The van der Waals surface area contributed by atoms with Crippen LogP contribution in [0.25, 0.3) is 0 Å². The molecule has 1 saturated carbocycles. The summed E-state index contributed by atoms with van der Waals surface area (Å²) >= 11 is 0. The highest BCUT2D eigenvalue weighted by Crippen LogP contribution is 2.50. The number of anilines is 1. The standard InChI is InChI=1S/C16H19N3O6/c1-2-25-14(20)11-5-7-17-13(12(11)19(23)24)18-8-10-4-3-6-16(10,9-18)15(21)22/h5,7,10H,2-4,6,8-9H2,1H3,(H,21,22)/t10-,16+/m0/s1. The molecule has 2 fully saturated rings. The van der Waals surface area contributed by atoms with Gasteiger partial charge in [0, 0.05) is 19.3 Å². The lowest BCUT2D eigenvalue weighted by atomic mass is 9.81. The van der Waals surface area contributed by atoms with Gasteiger partial charge in [-0.05, 0) is 31.7 Å². The Kier molecular flexibility index (Phi) is 4.32. The molecule has 0 aromatic carbocycles. The molecular weight excluding hydrogens is 330 g/mol. The Morgan fingerprint density at radius 2 is 2.32 bits per heavy atom. The Hall–Kier alpha value is -2.71. The van der Waals surface area contributed by atoms with Gasteiger partial charge >= 0.3 is 17.6 Å². The molecule has 9 nitrogen and oxygen atoms in total. The third kappa shape index (κ3) is 2.69. The van der Waals surface area contributed by atoms with E-state index in [0.717, 1.165) is 12.8 Å². The molecule has 2 heterocycles. The molecule has 9 heteroatoms. The number of carboxylic acids is 1. The highest BCUT2D eigenvalue weighted by molar-refractivity contribution is 5.96. The van der Waals surface area contributed by atoms with Crippen molar-refractivity contribution in [1.29, 1.82) is 0 Å². The molecule has 1 aliphatic carbocycles. The predicted octanol–water partition coefficient (Wildman–Crippen LogP) is 1.86. The number of carbonyl (C=O) groups excluding carboxylic acids is 1. The minimum atomic E-state index is -0.893. The minimum Gasteiger partial charge on any atom is -0.481 e. The molecule has 134 valence electrons. The predicted molar refractivity (Wildman–Crippen MR) is 86.5 cm³/mol. The number of fused-ring (bicyclic) bond motifs is 1. The number of nitro groups is 1. The molecule has 2 atom stereocenters. The van der Waals surface area contributed by atoms with Crippen molar-refractivity contribution in [2.75, 3.05) is 24.6 Å². The van der Waals surface area contributed by atoms with E-state index in [9.17, 15) is 24.8 Å². The average molecular weight is 349 g/mol. The summed E-state index contributed by atoms with van der Waals surface area (Å²) in [4.78, 5) is 40.5. The molecule has 2 aliphatic rings. The molecular formula is C16H19N3O6. The number of hydrogen-bond acceptors (Lipinski definition) is 7. The zero-order valence-electron chi connectivity index (χ0n) is 13.8. The summed E-state index contributed by atoms with van der Waals surface area (Å²) in [5.74, 6) is -1.70. The van der Waals surface area contributed by atoms with Crippen LogP contribution in [-0.4, -0.2) is 46.6 Å². The van der Waals surface area contributed by atoms with Gasteiger partial charge in [-0.2, -0.15) is 0 Å². The van der Waals surface area contributed by atoms with Gasteiger partial charge in [0.2, 0.25) is 5.82 Å². The normalized spacial score (nSPS) is 24.8. The van der Waals surface area contributed by atoms with Gasteiger partial charge in [-0.15, -0.1) is 0 Å². The van der Waals surface area contributed by atoms with E-state index >= 15 is 0 Å². The van der Waals surface area contributed by atoms with Gasteiger partial charge in [-0.1, -0.05) is 6.42 Å². The number of pyridine rings is 1. The summed E-state index contributed by atoms with van der Waals surface area (Å²) in [5, 5.41) is 21.3. The van der Waals surface area contributed by atoms with Crippen molar-refractivity contribution in [1.82, 2.24) is 4.98 Å². The largest absolute Gasteiger partial charge is 0.481 e. The number of carbonyl (C=O) groups is 2. The lowest BCUT2D eigenvalue weighted by molar-refractivity contribution is -0.384. The molecule has 1 saturated heterocycles. The van der Waals surface area contributed by atoms with Crippen LogP contribution in [0.4, 0.5) is 11.5 Å². The lowest BCUT2D eigenvalue weighted by Gasteiger charge is -2.23. The topological polar surface area (TPSA) is 123 Å². The third-order valence-electron chi connectivity index (χ3n) is 5.18.